The molecule has 3 nitrogen and oxygen atoms in total. The summed E-state index contributed by atoms with van der Waals surface area (Å²) in [6.45, 7) is 3.43. The largest absolute Gasteiger partial charge is 0.389 e. The van der Waals surface area contributed by atoms with Crippen LogP contribution in [0.3, 0.4) is 0 Å². The van der Waals surface area contributed by atoms with Crippen molar-refractivity contribution in [2.45, 2.75) is 44.6 Å². The first-order valence-corrected chi connectivity index (χ1v) is 8.33. The van der Waals surface area contributed by atoms with E-state index in [4.69, 9.17) is 0 Å². The number of carbonyl (C=O) groups is 1. The molecule has 0 bridgehead atoms. The Morgan fingerprint density at radius 3 is 2.82 bits per heavy atom. The fraction of sp³-hybridized carbons (Fsp3) is 0.526. The maximum Gasteiger partial charge on any atom is 0.246 e. The number of hydrogen-bond donors (Lipinski definition) is 1. The highest BCUT2D eigenvalue weighted by atomic mass is 16.3. The Morgan fingerprint density at radius 1 is 1.27 bits per heavy atom. The lowest BCUT2D eigenvalue weighted by Gasteiger charge is -2.47. The quantitative estimate of drug-likeness (QED) is 0.852. The molecule has 1 aromatic carbocycles. The Balaban J connectivity index is 1.62. The van der Waals surface area contributed by atoms with E-state index in [2.05, 4.69) is 6.92 Å². The number of piperidine rings is 1. The molecule has 3 rings (SSSR count). The van der Waals surface area contributed by atoms with Crippen LogP contribution >= 0.6 is 0 Å². The van der Waals surface area contributed by atoms with Crippen molar-refractivity contribution < 1.29 is 9.90 Å². The minimum absolute atomic E-state index is 0.0631. The molecule has 1 aliphatic heterocycles. The molecular formula is C19H25NO2. The average Bonchev–Trinajstić information content (AvgIpc) is 2.53. The molecule has 2 aliphatic rings. The molecule has 2 atom stereocenters. The van der Waals surface area contributed by atoms with Crippen LogP contribution in [0.15, 0.2) is 30.3 Å². The summed E-state index contributed by atoms with van der Waals surface area (Å²) in [5.41, 5.74) is 1.75. The first-order chi connectivity index (χ1) is 10.6. The number of rotatable bonds is 2. The highest BCUT2D eigenvalue weighted by molar-refractivity contribution is 5.91. The van der Waals surface area contributed by atoms with Gasteiger partial charge in [0, 0.05) is 25.1 Å². The molecular weight excluding hydrogens is 274 g/mol. The number of amides is 1. The van der Waals surface area contributed by atoms with Crippen LogP contribution in [0.4, 0.5) is 0 Å². The van der Waals surface area contributed by atoms with Crippen LogP contribution in [0.2, 0.25) is 0 Å². The van der Waals surface area contributed by atoms with E-state index >= 15 is 0 Å². The highest BCUT2D eigenvalue weighted by Crippen LogP contribution is 2.39. The molecule has 1 saturated carbocycles. The van der Waals surface area contributed by atoms with E-state index in [9.17, 15) is 9.90 Å². The number of fused-ring (bicyclic) bond motifs is 1. The molecule has 2 unspecified atom stereocenters. The van der Waals surface area contributed by atoms with Gasteiger partial charge in [-0.05, 0) is 37.8 Å². The van der Waals surface area contributed by atoms with Gasteiger partial charge in [0.1, 0.15) is 0 Å². The Labute approximate surface area is 132 Å². The van der Waals surface area contributed by atoms with Gasteiger partial charge in [0.2, 0.25) is 5.91 Å². The van der Waals surface area contributed by atoms with Crippen LogP contribution in [0.5, 0.6) is 0 Å². The Morgan fingerprint density at radius 2 is 2.05 bits per heavy atom. The number of nitrogens with zero attached hydrogens (tertiary/aromatic N) is 1. The Hall–Kier alpha value is -1.61. The molecule has 0 spiro atoms. The monoisotopic (exact) mass is 299 g/mol. The van der Waals surface area contributed by atoms with E-state index in [1.165, 1.54) is 12.0 Å². The van der Waals surface area contributed by atoms with Crippen molar-refractivity contribution in [3.05, 3.63) is 41.5 Å². The molecule has 1 aromatic rings. The van der Waals surface area contributed by atoms with Crippen LogP contribution in [0, 0.1) is 12.8 Å². The van der Waals surface area contributed by atoms with Crippen LogP contribution in [-0.2, 0) is 4.79 Å². The molecule has 2 fully saturated rings. The summed E-state index contributed by atoms with van der Waals surface area (Å²) in [5, 5.41) is 10.7. The lowest BCUT2D eigenvalue weighted by molar-refractivity contribution is -0.138. The third-order valence-electron chi connectivity index (χ3n) is 5.24. The molecule has 1 aliphatic carbocycles. The van der Waals surface area contributed by atoms with Crippen molar-refractivity contribution in [1.82, 2.24) is 4.90 Å². The van der Waals surface area contributed by atoms with Crippen molar-refractivity contribution in [3.8, 4) is 0 Å². The zero-order chi connectivity index (χ0) is 15.6. The first kappa shape index (κ1) is 15.3. The normalized spacial score (nSPS) is 28.6. The second kappa shape index (κ2) is 6.25. The smallest absolute Gasteiger partial charge is 0.246 e. The standard InChI is InChI=1S/C19H25NO2/c1-15-5-7-16(8-6-15)9-10-18(21)20-13-12-19(22)11-3-2-4-17(19)14-20/h5-10,17,22H,2-4,11-14H2,1H3. The van der Waals surface area contributed by atoms with Gasteiger partial charge in [-0.2, -0.15) is 0 Å². The van der Waals surface area contributed by atoms with Gasteiger partial charge in [0.05, 0.1) is 5.60 Å². The van der Waals surface area contributed by atoms with Gasteiger partial charge >= 0.3 is 0 Å². The van der Waals surface area contributed by atoms with Gasteiger partial charge in [-0.3, -0.25) is 4.79 Å². The van der Waals surface area contributed by atoms with E-state index in [1.807, 2.05) is 35.2 Å². The van der Waals surface area contributed by atoms with Crippen molar-refractivity contribution in [3.63, 3.8) is 0 Å². The predicted octanol–water partition coefficient (Wildman–Crippen LogP) is 3.16. The number of hydrogen-bond acceptors (Lipinski definition) is 2. The zero-order valence-corrected chi connectivity index (χ0v) is 13.3. The average molecular weight is 299 g/mol. The molecule has 1 saturated heterocycles. The Kier molecular flexibility index (Phi) is 4.34. The second-order valence-electron chi connectivity index (χ2n) is 6.82. The molecule has 0 aromatic heterocycles. The van der Waals surface area contributed by atoms with Crippen molar-refractivity contribution in [2.75, 3.05) is 13.1 Å². The summed E-state index contributed by atoms with van der Waals surface area (Å²) in [6, 6.07) is 8.14. The van der Waals surface area contributed by atoms with Crippen LogP contribution in [0.1, 0.15) is 43.2 Å². The lowest BCUT2D eigenvalue weighted by atomic mass is 9.71. The fourth-order valence-electron chi connectivity index (χ4n) is 3.72. The molecule has 1 amide bonds. The summed E-state index contributed by atoms with van der Waals surface area (Å²) in [7, 11) is 0. The topological polar surface area (TPSA) is 40.5 Å². The number of benzene rings is 1. The number of likely N-dealkylation sites (tertiary alicyclic amines) is 1. The third kappa shape index (κ3) is 3.25. The van der Waals surface area contributed by atoms with Gasteiger partial charge in [0.25, 0.3) is 0 Å². The van der Waals surface area contributed by atoms with E-state index in [0.717, 1.165) is 31.2 Å². The maximum atomic E-state index is 12.4. The van der Waals surface area contributed by atoms with Crippen molar-refractivity contribution >= 4 is 12.0 Å². The molecule has 22 heavy (non-hydrogen) atoms. The predicted molar refractivity (Wildman–Crippen MR) is 88.3 cm³/mol. The molecule has 118 valence electrons. The number of aliphatic hydroxyl groups is 1. The number of aryl methyl sites for hydroxylation is 1. The highest BCUT2D eigenvalue weighted by Gasteiger charge is 2.43. The minimum Gasteiger partial charge on any atom is -0.389 e. The van der Waals surface area contributed by atoms with Gasteiger partial charge < -0.3 is 10.0 Å². The lowest BCUT2D eigenvalue weighted by Crippen LogP contribution is -2.54. The number of carbonyl (C=O) groups excluding carboxylic acids is 1. The SMILES string of the molecule is Cc1ccc(C=CC(=O)N2CCC3(O)CCCCC3C2)cc1. The van der Waals surface area contributed by atoms with E-state index in [1.54, 1.807) is 6.08 Å². The zero-order valence-electron chi connectivity index (χ0n) is 13.3. The Bertz CT molecular complexity index is 563. The summed E-state index contributed by atoms with van der Waals surface area (Å²) in [5.74, 6) is 0.319. The first-order valence-electron chi connectivity index (χ1n) is 8.33. The van der Waals surface area contributed by atoms with Crippen molar-refractivity contribution in [1.29, 1.82) is 0 Å². The van der Waals surface area contributed by atoms with Gasteiger partial charge in [-0.25, -0.2) is 0 Å². The summed E-state index contributed by atoms with van der Waals surface area (Å²) in [6.07, 6.45) is 8.51. The maximum absolute atomic E-state index is 12.4. The summed E-state index contributed by atoms with van der Waals surface area (Å²) >= 11 is 0. The third-order valence-corrected chi connectivity index (χ3v) is 5.24. The minimum atomic E-state index is -0.518. The second-order valence-corrected chi connectivity index (χ2v) is 6.82. The van der Waals surface area contributed by atoms with Crippen molar-refractivity contribution in [2.24, 2.45) is 5.92 Å². The van der Waals surface area contributed by atoms with E-state index < -0.39 is 5.60 Å². The fourth-order valence-corrected chi connectivity index (χ4v) is 3.72. The summed E-state index contributed by atoms with van der Waals surface area (Å²) < 4.78 is 0. The van der Waals surface area contributed by atoms with Gasteiger partial charge in [-0.15, -0.1) is 0 Å². The van der Waals surface area contributed by atoms with Gasteiger partial charge in [0.15, 0.2) is 0 Å². The summed E-state index contributed by atoms with van der Waals surface area (Å²) in [4.78, 5) is 14.3. The molecule has 1 N–H and O–H groups in total. The van der Waals surface area contributed by atoms with Gasteiger partial charge in [-0.1, -0.05) is 42.7 Å². The van der Waals surface area contributed by atoms with E-state index in [-0.39, 0.29) is 11.8 Å². The van der Waals surface area contributed by atoms with E-state index in [0.29, 0.717) is 13.1 Å². The molecule has 1 heterocycles. The molecule has 0 radical (unpaired) electrons. The van der Waals surface area contributed by atoms with Crippen LogP contribution < -0.4 is 0 Å². The van der Waals surface area contributed by atoms with Crippen LogP contribution in [0.25, 0.3) is 6.08 Å². The van der Waals surface area contributed by atoms with Crippen LogP contribution in [-0.4, -0.2) is 34.6 Å². The molecule has 3 heteroatoms.